The molecule has 0 bridgehead atoms. The van der Waals surface area contributed by atoms with Crippen LogP contribution in [0.15, 0.2) is 11.7 Å². The lowest BCUT2D eigenvalue weighted by molar-refractivity contribution is 0.107. The third kappa shape index (κ3) is 1.49. The maximum Gasteiger partial charge on any atom is 0.0794 e. The van der Waals surface area contributed by atoms with E-state index in [0.29, 0.717) is 0 Å². The van der Waals surface area contributed by atoms with Gasteiger partial charge in [0.2, 0.25) is 0 Å². The van der Waals surface area contributed by atoms with Gasteiger partial charge in [-0.1, -0.05) is 0 Å². The quantitative estimate of drug-likeness (QED) is 0.725. The molecule has 1 saturated heterocycles. The molecule has 0 radical (unpaired) electrons. The third-order valence-corrected chi connectivity index (χ3v) is 3.93. The van der Waals surface area contributed by atoms with Gasteiger partial charge in [-0.05, 0) is 14.0 Å². The van der Waals surface area contributed by atoms with Crippen molar-refractivity contribution in [2.75, 3.05) is 26.7 Å². The number of nitrogens with one attached hydrogen (secondary N) is 1. The minimum atomic E-state index is 0.138. The first kappa shape index (κ1) is 9.12. The molecule has 0 amide bonds. The second kappa shape index (κ2) is 3.36. The van der Waals surface area contributed by atoms with E-state index in [1.807, 2.05) is 11.7 Å². The Bertz CT molecular complexity index is 272. The lowest BCUT2D eigenvalue weighted by Crippen LogP contribution is -2.55. The van der Waals surface area contributed by atoms with E-state index < -0.39 is 0 Å². The van der Waals surface area contributed by atoms with Gasteiger partial charge in [-0.25, -0.2) is 0 Å². The fourth-order valence-corrected chi connectivity index (χ4v) is 2.56. The van der Waals surface area contributed by atoms with E-state index in [1.54, 1.807) is 11.3 Å². The van der Waals surface area contributed by atoms with Crippen LogP contribution in [0.25, 0.3) is 0 Å². The van der Waals surface area contributed by atoms with Crippen molar-refractivity contribution < 1.29 is 0 Å². The number of thiazole rings is 1. The molecule has 1 unspecified atom stereocenters. The van der Waals surface area contributed by atoms with Crippen LogP contribution in [0.4, 0.5) is 0 Å². The minimum Gasteiger partial charge on any atom is -0.313 e. The molecule has 0 spiro atoms. The molecule has 1 aromatic heterocycles. The molecular weight excluding hydrogens is 182 g/mol. The van der Waals surface area contributed by atoms with Crippen LogP contribution in [0.1, 0.15) is 11.8 Å². The molecule has 1 aliphatic rings. The number of rotatable bonds is 1. The summed E-state index contributed by atoms with van der Waals surface area (Å²) in [4.78, 5) is 7.89. The molecule has 1 fully saturated rings. The smallest absolute Gasteiger partial charge is 0.0794 e. The number of nitrogens with zero attached hydrogens (tertiary/aromatic N) is 2. The fourth-order valence-electron chi connectivity index (χ4n) is 1.72. The molecule has 2 rings (SSSR count). The van der Waals surface area contributed by atoms with Crippen molar-refractivity contribution in [3.05, 3.63) is 16.6 Å². The van der Waals surface area contributed by atoms with E-state index in [9.17, 15) is 0 Å². The maximum absolute atomic E-state index is 4.14. The average Bonchev–Trinajstić information content (AvgIpc) is 2.63. The molecule has 0 aliphatic carbocycles. The van der Waals surface area contributed by atoms with E-state index in [0.717, 1.165) is 19.6 Å². The Balaban J connectivity index is 2.27. The topological polar surface area (TPSA) is 28.2 Å². The predicted octanol–water partition coefficient (Wildman–Crippen LogP) is 0.893. The lowest BCUT2D eigenvalue weighted by Gasteiger charge is -2.42. The summed E-state index contributed by atoms with van der Waals surface area (Å²) in [6, 6.07) is 0. The molecule has 1 N–H and O–H groups in total. The number of piperazine rings is 1. The monoisotopic (exact) mass is 197 g/mol. The van der Waals surface area contributed by atoms with Crippen LogP contribution in [0, 0.1) is 0 Å². The molecule has 0 saturated carbocycles. The van der Waals surface area contributed by atoms with Gasteiger partial charge in [0, 0.05) is 30.7 Å². The van der Waals surface area contributed by atoms with E-state index in [2.05, 4.69) is 29.2 Å². The van der Waals surface area contributed by atoms with Gasteiger partial charge in [0.05, 0.1) is 11.0 Å². The number of aromatic nitrogens is 1. The van der Waals surface area contributed by atoms with Crippen LogP contribution in [0.2, 0.25) is 0 Å². The van der Waals surface area contributed by atoms with Gasteiger partial charge in [0.25, 0.3) is 0 Å². The highest BCUT2D eigenvalue weighted by molar-refractivity contribution is 7.09. The number of hydrogen-bond donors (Lipinski definition) is 1. The lowest BCUT2D eigenvalue weighted by atomic mass is 9.97. The summed E-state index contributed by atoms with van der Waals surface area (Å²) in [5.41, 5.74) is 2.04. The van der Waals surface area contributed by atoms with Gasteiger partial charge < -0.3 is 5.32 Å². The molecule has 0 aromatic carbocycles. The molecule has 1 atom stereocenters. The molecule has 72 valence electrons. The molecule has 1 aromatic rings. The van der Waals surface area contributed by atoms with Gasteiger partial charge in [-0.15, -0.1) is 11.3 Å². The molecule has 4 heteroatoms. The second-order valence-electron chi connectivity index (χ2n) is 3.74. The highest BCUT2D eigenvalue weighted by atomic mass is 32.1. The van der Waals surface area contributed by atoms with Crippen LogP contribution in [0.5, 0.6) is 0 Å². The summed E-state index contributed by atoms with van der Waals surface area (Å²) < 4.78 is 0. The Labute approximate surface area is 82.8 Å². The highest BCUT2D eigenvalue weighted by Gasteiger charge is 2.34. The summed E-state index contributed by atoms with van der Waals surface area (Å²) in [5, 5.41) is 3.43. The van der Waals surface area contributed by atoms with E-state index in [1.165, 1.54) is 4.88 Å². The first-order valence-corrected chi connectivity index (χ1v) is 5.42. The zero-order chi connectivity index (χ0) is 9.31. The Morgan fingerprint density at radius 3 is 3.15 bits per heavy atom. The zero-order valence-electron chi connectivity index (χ0n) is 8.08. The predicted molar refractivity (Wildman–Crippen MR) is 55.0 cm³/mol. The number of likely N-dealkylation sites (N-methyl/N-ethyl adjacent to an activating group) is 1. The van der Waals surface area contributed by atoms with Gasteiger partial charge >= 0.3 is 0 Å². The molecular formula is C9H15N3S. The SMILES string of the molecule is CN1CCNCC1(C)c1cncs1. The van der Waals surface area contributed by atoms with Crippen LogP contribution >= 0.6 is 11.3 Å². The summed E-state index contributed by atoms with van der Waals surface area (Å²) in [6.45, 7) is 5.48. The van der Waals surface area contributed by atoms with Crippen LogP contribution in [-0.2, 0) is 5.54 Å². The van der Waals surface area contributed by atoms with Crippen LogP contribution in [-0.4, -0.2) is 36.6 Å². The number of hydrogen-bond acceptors (Lipinski definition) is 4. The molecule has 2 heterocycles. The van der Waals surface area contributed by atoms with E-state index in [-0.39, 0.29) is 5.54 Å². The van der Waals surface area contributed by atoms with Crippen LogP contribution < -0.4 is 5.32 Å². The van der Waals surface area contributed by atoms with Gasteiger partial charge in [0.15, 0.2) is 0 Å². The van der Waals surface area contributed by atoms with Crippen molar-refractivity contribution >= 4 is 11.3 Å². The van der Waals surface area contributed by atoms with Crippen molar-refractivity contribution in [2.45, 2.75) is 12.5 Å². The van der Waals surface area contributed by atoms with Gasteiger partial charge in [0.1, 0.15) is 0 Å². The molecule has 13 heavy (non-hydrogen) atoms. The highest BCUT2D eigenvalue weighted by Crippen LogP contribution is 2.30. The maximum atomic E-state index is 4.14. The second-order valence-corrected chi connectivity index (χ2v) is 4.62. The Morgan fingerprint density at radius 1 is 1.69 bits per heavy atom. The summed E-state index contributed by atoms with van der Waals surface area (Å²) in [6.07, 6.45) is 1.98. The summed E-state index contributed by atoms with van der Waals surface area (Å²) in [5.74, 6) is 0. The third-order valence-electron chi connectivity index (χ3n) is 2.90. The van der Waals surface area contributed by atoms with Crippen molar-refractivity contribution in [2.24, 2.45) is 0 Å². The first-order chi connectivity index (χ1) is 6.23. The van der Waals surface area contributed by atoms with Crippen molar-refractivity contribution in [1.82, 2.24) is 15.2 Å². The molecule has 1 aliphatic heterocycles. The van der Waals surface area contributed by atoms with Crippen LogP contribution in [0.3, 0.4) is 0 Å². The Hall–Kier alpha value is -0.450. The Morgan fingerprint density at radius 2 is 2.54 bits per heavy atom. The van der Waals surface area contributed by atoms with E-state index >= 15 is 0 Å². The Kier molecular flexibility index (Phi) is 2.36. The minimum absolute atomic E-state index is 0.138. The fraction of sp³-hybridized carbons (Fsp3) is 0.667. The first-order valence-electron chi connectivity index (χ1n) is 4.54. The zero-order valence-corrected chi connectivity index (χ0v) is 8.90. The van der Waals surface area contributed by atoms with Gasteiger partial charge in [-0.3, -0.25) is 9.88 Å². The average molecular weight is 197 g/mol. The molecule has 3 nitrogen and oxygen atoms in total. The van der Waals surface area contributed by atoms with Crippen molar-refractivity contribution in [1.29, 1.82) is 0 Å². The summed E-state index contributed by atoms with van der Waals surface area (Å²) in [7, 11) is 2.18. The van der Waals surface area contributed by atoms with E-state index in [4.69, 9.17) is 0 Å². The largest absolute Gasteiger partial charge is 0.313 e. The normalized spacial score (nSPS) is 30.6. The van der Waals surface area contributed by atoms with Gasteiger partial charge in [-0.2, -0.15) is 0 Å². The van der Waals surface area contributed by atoms with Crippen molar-refractivity contribution in [3.8, 4) is 0 Å². The standard InChI is InChI=1S/C9H15N3S/c1-9(8-5-11-7-13-8)6-10-3-4-12(9)2/h5,7,10H,3-4,6H2,1-2H3. The van der Waals surface area contributed by atoms with Crippen molar-refractivity contribution in [3.63, 3.8) is 0 Å². The summed E-state index contributed by atoms with van der Waals surface area (Å²) >= 11 is 1.74.